The van der Waals surface area contributed by atoms with Crippen molar-refractivity contribution in [2.45, 2.75) is 38.3 Å². The lowest BCUT2D eigenvalue weighted by Crippen LogP contribution is -2.40. The number of rotatable bonds is 3. The zero-order valence-electron chi connectivity index (χ0n) is 10.9. The van der Waals surface area contributed by atoms with E-state index >= 15 is 0 Å². The van der Waals surface area contributed by atoms with Crippen LogP contribution in [0.5, 0.6) is 0 Å². The Balaban J connectivity index is 2.11. The number of aromatic carboxylic acids is 1. The van der Waals surface area contributed by atoms with E-state index in [1.165, 1.54) is 12.3 Å². The first kappa shape index (κ1) is 14.1. The molecule has 1 aliphatic heterocycles. The third-order valence-electron chi connectivity index (χ3n) is 3.13. The van der Waals surface area contributed by atoms with Gasteiger partial charge < -0.3 is 15.2 Å². The summed E-state index contributed by atoms with van der Waals surface area (Å²) in [5.74, 6) is -0.521. The maximum absolute atomic E-state index is 11.0. The van der Waals surface area contributed by atoms with Crippen molar-refractivity contribution in [3.8, 4) is 0 Å². The molecule has 0 bridgehead atoms. The van der Waals surface area contributed by atoms with E-state index in [-0.39, 0.29) is 22.2 Å². The molecule has 2 N–H and O–H groups in total. The fraction of sp³-hybridized carbons (Fsp3) is 0.538. The summed E-state index contributed by atoms with van der Waals surface area (Å²) < 4.78 is 5.64. The average Bonchev–Trinajstić information content (AvgIpc) is 2.30. The van der Waals surface area contributed by atoms with Crippen LogP contribution in [0.25, 0.3) is 0 Å². The van der Waals surface area contributed by atoms with Gasteiger partial charge in [0.25, 0.3) is 0 Å². The van der Waals surface area contributed by atoms with E-state index in [1.54, 1.807) is 0 Å². The zero-order chi connectivity index (χ0) is 14.0. The summed E-state index contributed by atoms with van der Waals surface area (Å²) in [5, 5.41) is 12.4. The monoisotopic (exact) mass is 284 g/mol. The minimum Gasteiger partial charge on any atom is -0.478 e. The number of halogens is 1. The number of hydrogen-bond acceptors (Lipinski definition) is 4. The number of carbonyl (C=O) groups is 1. The van der Waals surface area contributed by atoms with Gasteiger partial charge in [-0.25, -0.2) is 9.78 Å². The van der Waals surface area contributed by atoms with E-state index in [4.69, 9.17) is 21.4 Å². The van der Waals surface area contributed by atoms with Crippen LogP contribution in [0.4, 0.5) is 5.82 Å². The summed E-state index contributed by atoms with van der Waals surface area (Å²) >= 11 is 5.79. The molecule has 0 amide bonds. The van der Waals surface area contributed by atoms with E-state index in [0.717, 1.165) is 12.8 Å². The highest BCUT2D eigenvalue weighted by atomic mass is 35.5. The molecule has 104 valence electrons. The molecule has 0 aromatic carbocycles. The minimum absolute atomic E-state index is 0.0606. The SMILES string of the molecule is CC1(C)CC(Nc2cc(C(=O)O)c(Cl)cn2)CCO1. The van der Waals surface area contributed by atoms with Crippen LogP contribution >= 0.6 is 11.6 Å². The number of carboxylic acids is 1. The Kier molecular flexibility index (Phi) is 3.96. The lowest BCUT2D eigenvalue weighted by atomic mass is 9.94. The number of hydrogen-bond donors (Lipinski definition) is 2. The van der Waals surface area contributed by atoms with Gasteiger partial charge in [-0.05, 0) is 32.8 Å². The number of nitrogens with zero attached hydrogens (tertiary/aromatic N) is 1. The Bertz CT molecular complexity index is 491. The van der Waals surface area contributed by atoms with Gasteiger partial charge >= 0.3 is 5.97 Å². The topological polar surface area (TPSA) is 71.5 Å². The van der Waals surface area contributed by atoms with Gasteiger partial charge in [-0.2, -0.15) is 0 Å². The fourth-order valence-corrected chi connectivity index (χ4v) is 2.43. The molecule has 0 saturated carbocycles. The van der Waals surface area contributed by atoms with Gasteiger partial charge in [0, 0.05) is 18.8 Å². The molecule has 5 nitrogen and oxygen atoms in total. The lowest BCUT2D eigenvalue weighted by molar-refractivity contribution is -0.0553. The third-order valence-corrected chi connectivity index (χ3v) is 3.44. The van der Waals surface area contributed by atoms with E-state index in [1.807, 2.05) is 13.8 Å². The maximum atomic E-state index is 11.0. The first-order valence-electron chi connectivity index (χ1n) is 6.17. The van der Waals surface area contributed by atoms with Gasteiger partial charge in [-0.1, -0.05) is 11.6 Å². The van der Waals surface area contributed by atoms with Crippen LogP contribution in [0.2, 0.25) is 5.02 Å². The van der Waals surface area contributed by atoms with Gasteiger partial charge in [0.1, 0.15) is 5.82 Å². The largest absolute Gasteiger partial charge is 0.478 e. The maximum Gasteiger partial charge on any atom is 0.337 e. The first-order valence-corrected chi connectivity index (χ1v) is 6.54. The van der Waals surface area contributed by atoms with Crippen LogP contribution in [-0.2, 0) is 4.74 Å². The van der Waals surface area contributed by atoms with Gasteiger partial charge in [-0.3, -0.25) is 0 Å². The van der Waals surface area contributed by atoms with Crippen LogP contribution in [0.15, 0.2) is 12.3 Å². The Morgan fingerprint density at radius 2 is 2.37 bits per heavy atom. The fourth-order valence-electron chi connectivity index (χ4n) is 2.25. The molecule has 1 saturated heterocycles. The molecule has 1 fully saturated rings. The highest BCUT2D eigenvalue weighted by Gasteiger charge is 2.29. The smallest absolute Gasteiger partial charge is 0.337 e. The van der Waals surface area contributed by atoms with Crippen molar-refractivity contribution in [2.75, 3.05) is 11.9 Å². The highest BCUT2D eigenvalue weighted by Crippen LogP contribution is 2.26. The van der Waals surface area contributed by atoms with Gasteiger partial charge in [0.15, 0.2) is 0 Å². The summed E-state index contributed by atoms with van der Waals surface area (Å²) in [6.45, 7) is 4.77. The van der Waals surface area contributed by atoms with Gasteiger partial charge in [0.05, 0.1) is 16.2 Å². The summed E-state index contributed by atoms with van der Waals surface area (Å²) in [6, 6.07) is 1.69. The molecule has 1 aromatic heterocycles. The second kappa shape index (κ2) is 5.35. The molecule has 2 heterocycles. The third kappa shape index (κ3) is 3.58. The number of nitrogens with one attached hydrogen (secondary N) is 1. The lowest BCUT2D eigenvalue weighted by Gasteiger charge is -2.36. The number of aromatic nitrogens is 1. The van der Waals surface area contributed by atoms with Crippen LogP contribution < -0.4 is 5.32 Å². The predicted octanol–water partition coefficient (Wildman–Crippen LogP) is 2.80. The van der Waals surface area contributed by atoms with Gasteiger partial charge in [0.2, 0.25) is 0 Å². The Morgan fingerprint density at radius 1 is 1.63 bits per heavy atom. The minimum atomic E-state index is -1.05. The van der Waals surface area contributed by atoms with Crippen molar-refractivity contribution in [3.63, 3.8) is 0 Å². The normalized spacial score (nSPS) is 21.9. The molecular formula is C13H17ClN2O3. The Labute approximate surface area is 116 Å². The Hall–Kier alpha value is -1.33. The number of carboxylic acid groups (broad SMARTS) is 1. The van der Waals surface area contributed by atoms with Crippen LogP contribution in [0.1, 0.15) is 37.0 Å². The number of pyridine rings is 1. The molecule has 1 unspecified atom stereocenters. The molecule has 2 rings (SSSR count). The molecule has 19 heavy (non-hydrogen) atoms. The van der Waals surface area contributed by atoms with Crippen molar-refractivity contribution < 1.29 is 14.6 Å². The molecule has 0 aliphatic carbocycles. The molecule has 1 aromatic rings. The second-order valence-corrected chi connectivity index (χ2v) is 5.70. The van der Waals surface area contributed by atoms with Crippen molar-refractivity contribution in [2.24, 2.45) is 0 Å². The molecule has 0 radical (unpaired) electrons. The quantitative estimate of drug-likeness (QED) is 0.893. The van der Waals surface area contributed by atoms with Crippen molar-refractivity contribution >= 4 is 23.4 Å². The Morgan fingerprint density at radius 3 is 3.00 bits per heavy atom. The molecular weight excluding hydrogens is 268 g/mol. The first-order chi connectivity index (χ1) is 8.87. The standard InChI is InChI=1S/C13H17ClN2O3/c1-13(2)6-8(3-4-19-13)16-11-5-9(12(17)18)10(14)7-15-11/h5,7-8H,3-4,6H2,1-2H3,(H,15,16)(H,17,18). The second-order valence-electron chi connectivity index (χ2n) is 5.30. The van der Waals surface area contributed by atoms with E-state index < -0.39 is 5.97 Å². The summed E-state index contributed by atoms with van der Waals surface area (Å²) in [4.78, 5) is 15.1. The van der Waals surface area contributed by atoms with Crippen molar-refractivity contribution in [1.82, 2.24) is 4.98 Å². The summed E-state index contributed by atoms with van der Waals surface area (Å²) in [6.07, 6.45) is 3.08. The van der Waals surface area contributed by atoms with E-state index in [0.29, 0.717) is 12.4 Å². The number of ether oxygens (including phenoxy) is 1. The summed E-state index contributed by atoms with van der Waals surface area (Å²) in [5.41, 5.74) is -0.108. The van der Waals surface area contributed by atoms with E-state index in [2.05, 4.69) is 10.3 Å². The van der Waals surface area contributed by atoms with Crippen molar-refractivity contribution in [3.05, 3.63) is 22.8 Å². The summed E-state index contributed by atoms with van der Waals surface area (Å²) in [7, 11) is 0. The van der Waals surface area contributed by atoms with Crippen LogP contribution in [0, 0.1) is 0 Å². The average molecular weight is 285 g/mol. The van der Waals surface area contributed by atoms with Crippen LogP contribution in [0.3, 0.4) is 0 Å². The van der Waals surface area contributed by atoms with E-state index in [9.17, 15) is 4.79 Å². The zero-order valence-corrected chi connectivity index (χ0v) is 11.7. The molecule has 1 atom stereocenters. The number of anilines is 1. The van der Waals surface area contributed by atoms with Crippen molar-refractivity contribution in [1.29, 1.82) is 0 Å². The van der Waals surface area contributed by atoms with Gasteiger partial charge in [-0.15, -0.1) is 0 Å². The predicted molar refractivity (Wildman–Crippen MR) is 72.9 cm³/mol. The molecule has 1 aliphatic rings. The molecule has 6 heteroatoms. The highest BCUT2D eigenvalue weighted by molar-refractivity contribution is 6.33. The van der Waals surface area contributed by atoms with Crippen LogP contribution in [-0.4, -0.2) is 34.3 Å². The molecule has 0 spiro atoms.